The minimum Gasteiger partial charge on any atom is -0.504 e. The smallest absolute Gasteiger partial charge is 0.254 e. The van der Waals surface area contributed by atoms with Gasteiger partial charge in [-0.05, 0) is 61.9 Å². The quantitative estimate of drug-likeness (QED) is 0.424. The predicted molar refractivity (Wildman–Crippen MR) is 132 cm³/mol. The second-order valence-corrected chi connectivity index (χ2v) is 11.2. The summed E-state index contributed by atoms with van der Waals surface area (Å²) in [6.45, 7) is 1.87. The standard InChI is InChI=1S/C28H28N4O4/c33-20-6-5-16-12-21-28(35)8-7-19(31-26(34)18-13-30-25-17(18)2-1-10-29-25)24-27(28,22(16)23(20)36-24)9-11-32(21)14-15-3-4-15/h1-2,5-8,10,13,15,19,21,24,33,35H,3-4,9,11-12,14H2,(H,29,30)(H,31,34)/t19-,21+,24-,27-,28+/m0/s1. The molecule has 1 aromatic carbocycles. The highest BCUT2D eigenvalue weighted by Crippen LogP contribution is 2.64. The van der Waals surface area contributed by atoms with Gasteiger partial charge in [-0.25, -0.2) is 4.98 Å². The molecule has 1 saturated heterocycles. The maximum Gasteiger partial charge on any atom is 0.254 e. The first-order valence-corrected chi connectivity index (χ1v) is 12.9. The van der Waals surface area contributed by atoms with Crippen molar-refractivity contribution in [3.8, 4) is 11.5 Å². The topological polar surface area (TPSA) is 111 Å². The number of phenols is 1. The van der Waals surface area contributed by atoms with Gasteiger partial charge in [0.15, 0.2) is 11.5 Å². The van der Waals surface area contributed by atoms with E-state index in [1.54, 1.807) is 18.5 Å². The number of aromatic nitrogens is 2. The van der Waals surface area contributed by atoms with Gasteiger partial charge in [0.1, 0.15) is 17.4 Å². The number of aliphatic hydroxyl groups is 1. The van der Waals surface area contributed by atoms with E-state index in [0.29, 0.717) is 29.8 Å². The molecule has 2 bridgehead atoms. The summed E-state index contributed by atoms with van der Waals surface area (Å²) < 4.78 is 6.51. The molecule has 4 N–H and O–H groups in total. The Morgan fingerprint density at radius 1 is 1.31 bits per heavy atom. The number of hydrogen-bond acceptors (Lipinski definition) is 6. The molecule has 3 aromatic rings. The van der Waals surface area contributed by atoms with E-state index < -0.39 is 23.2 Å². The molecule has 2 aliphatic heterocycles. The first-order valence-electron chi connectivity index (χ1n) is 12.9. The van der Waals surface area contributed by atoms with E-state index in [-0.39, 0.29) is 17.7 Å². The van der Waals surface area contributed by atoms with Crippen LogP contribution >= 0.6 is 0 Å². The Hall–Kier alpha value is -3.36. The number of likely N-dealkylation sites (tertiary alicyclic amines) is 1. The van der Waals surface area contributed by atoms with Crippen LogP contribution < -0.4 is 10.1 Å². The summed E-state index contributed by atoms with van der Waals surface area (Å²) in [6.07, 6.45) is 10.6. The van der Waals surface area contributed by atoms with Crippen LogP contribution in [-0.4, -0.2) is 67.9 Å². The SMILES string of the molecule is O=C(N[C@H]1C=C[C@@]2(O)[C@H]3Cc4ccc(O)c5c4[C@@]2(CCN3CC2CC2)[C@H]1O5)c1c[nH]c2ncccc12. The molecule has 3 aliphatic carbocycles. The Kier molecular flexibility index (Phi) is 3.98. The molecule has 0 radical (unpaired) electrons. The van der Waals surface area contributed by atoms with Crippen LogP contribution in [0.2, 0.25) is 0 Å². The number of nitrogens with one attached hydrogen (secondary N) is 2. The molecule has 1 spiro atoms. The molecule has 5 aliphatic rings. The number of fused-ring (bicyclic) bond motifs is 1. The molecule has 4 heterocycles. The van der Waals surface area contributed by atoms with Crippen LogP contribution in [0.25, 0.3) is 11.0 Å². The number of H-pyrrole nitrogens is 1. The van der Waals surface area contributed by atoms with Crippen LogP contribution in [0.4, 0.5) is 0 Å². The van der Waals surface area contributed by atoms with Gasteiger partial charge in [0.25, 0.3) is 5.91 Å². The number of aromatic hydroxyl groups is 1. The van der Waals surface area contributed by atoms with E-state index in [2.05, 4.69) is 20.2 Å². The molecule has 1 amide bonds. The fourth-order valence-corrected chi connectivity index (χ4v) is 7.54. The van der Waals surface area contributed by atoms with Gasteiger partial charge in [0.05, 0.1) is 17.0 Å². The lowest BCUT2D eigenvalue weighted by Crippen LogP contribution is -2.76. The van der Waals surface area contributed by atoms with Crippen molar-refractivity contribution in [1.82, 2.24) is 20.2 Å². The number of benzene rings is 1. The normalized spacial score (nSPS) is 33.9. The fraction of sp³-hybridized carbons (Fsp3) is 0.429. The molecule has 184 valence electrons. The lowest BCUT2D eigenvalue weighted by atomic mass is 9.50. The van der Waals surface area contributed by atoms with Crippen molar-refractivity contribution in [2.45, 2.75) is 54.9 Å². The van der Waals surface area contributed by atoms with E-state index in [4.69, 9.17) is 4.74 Å². The summed E-state index contributed by atoms with van der Waals surface area (Å²) in [5.41, 5.74) is 1.37. The van der Waals surface area contributed by atoms with E-state index in [0.717, 1.165) is 35.5 Å². The minimum atomic E-state index is -1.14. The zero-order chi connectivity index (χ0) is 24.2. The number of ether oxygens (including phenoxy) is 1. The molecular weight excluding hydrogens is 456 g/mol. The van der Waals surface area contributed by atoms with Crippen molar-refractivity contribution < 1.29 is 19.7 Å². The summed E-state index contributed by atoms with van der Waals surface area (Å²) in [5, 5.41) is 27.2. The first kappa shape index (κ1) is 20.8. The van der Waals surface area contributed by atoms with Gasteiger partial charge < -0.3 is 25.3 Å². The second kappa shape index (κ2) is 6.89. The van der Waals surface area contributed by atoms with E-state index in [9.17, 15) is 15.0 Å². The van der Waals surface area contributed by atoms with E-state index in [1.807, 2.05) is 30.4 Å². The summed E-state index contributed by atoms with van der Waals surface area (Å²) in [5.74, 6) is 1.05. The third-order valence-corrected chi connectivity index (χ3v) is 9.34. The largest absolute Gasteiger partial charge is 0.504 e. The van der Waals surface area contributed by atoms with Crippen LogP contribution in [-0.2, 0) is 11.8 Å². The Labute approximate surface area is 208 Å². The number of phenolic OH excluding ortho intramolecular Hbond substituents is 1. The first-order chi connectivity index (χ1) is 17.5. The lowest BCUT2D eigenvalue weighted by Gasteiger charge is -2.62. The zero-order valence-corrected chi connectivity index (χ0v) is 19.8. The molecule has 8 rings (SSSR count). The number of nitrogens with zero attached hydrogens (tertiary/aromatic N) is 2. The van der Waals surface area contributed by atoms with Crippen LogP contribution in [0.1, 0.15) is 40.7 Å². The molecule has 2 fully saturated rings. The maximum atomic E-state index is 13.4. The van der Waals surface area contributed by atoms with Crippen molar-refractivity contribution in [1.29, 1.82) is 0 Å². The molecule has 8 nitrogen and oxygen atoms in total. The average molecular weight is 485 g/mol. The Morgan fingerprint density at radius 2 is 2.19 bits per heavy atom. The highest BCUT2D eigenvalue weighted by atomic mass is 16.5. The van der Waals surface area contributed by atoms with Crippen LogP contribution in [0.15, 0.2) is 48.8 Å². The number of amides is 1. The molecule has 0 unspecified atom stereocenters. The number of hydrogen-bond donors (Lipinski definition) is 4. The summed E-state index contributed by atoms with van der Waals surface area (Å²) >= 11 is 0. The van der Waals surface area contributed by atoms with E-state index in [1.165, 1.54) is 12.8 Å². The van der Waals surface area contributed by atoms with Crippen molar-refractivity contribution in [2.24, 2.45) is 5.92 Å². The monoisotopic (exact) mass is 484 g/mol. The lowest BCUT2D eigenvalue weighted by molar-refractivity contribution is -0.144. The van der Waals surface area contributed by atoms with Gasteiger partial charge in [0, 0.05) is 35.9 Å². The Bertz CT molecular complexity index is 1460. The summed E-state index contributed by atoms with van der Waals surface area (Å²) in [7, 11) is 0. The highest BCUT2D eigenvalue weighted by molar-refractivity contribution is 6.06. The zero-order valence-electron chi connectivity index (χ0n) is 19.8. The summed E-state index contributed by atoms with van der Waals surface area (Å²) in [4.78, 5) is 23.3. The van der Waals surface area contributed by atoms with Gasteiger partial charge in [-0.2, -0.15) is 0 Å². The Morgan fingerprint density at radius 3 is 3.06 bits per heavy atom. The molecule has 36 heavy (non-hydrogen) atoms. The molecule has 8 heteroatoms. The van der Waals surface area contributed by atoms with Gasteiger partial charge in [0.2, 0.25) is 0 Å². The third kappa shape index (κ3) is 2.51. The van der Waals surface area contributed by atoms with E-state index >= 15 is 0 Å². The summed E-state index contributed by atoms with van der Waals surface area (Å²) in [6, 6.07) is 6.84. The molecule has 5 atom stereocenters. The number of carbonyl (C=O) groups excluding carboxylic acids is 1. The number of pyridine rings is 1. The maximum absolute atomic E-state index is 13.4. The van der Waals surface area contributed by atoms with Gasteiger partial charge >= 0.3 is 0 Å². The predicted octanol–water partition coefficient (Wildman–Crippen LogP) is 2.41. The molecule has 1 saturated carbocycles. The van der Waals surface area contributed by atoms with Crippen LogP contribution in [0.5, 0.6) is 11.5 Å². The van der Waals surface area contributed by atoms with Crippen molar-refractivity contribution in [3.05, 3.63) is 65.5 Å². The van der Waals surface area contributed by atoms with Crippen molar-refractivity contribution >= 4 is 16.9 Å². The number of piperidine rings is 1. The van der Waals surface area contributed by atoms with Crippen LogP contribution in [0.3, 0.4) is 0 Å². The van der Waals surface area contributed by atoms with Crippen LogP contribution in [0, 0.1) is 5.92 Å². The van der Waals surface area contributed by atoms with Gasteiger partial charge in [-0.1, -0.05) is 18.2 Å². The average Bonchev–Trinajstić information content (AvgIpc) is 3.46. The molecule has 2 aromatic heterocycles. The van der Waals surface area contributed by atoms with Gasteiger partial charge in [-0.3, -0.25) is 9.69 Å². The third-order valence-electron chi connectivity index (χ3n) is 9.34. The van der Waals surface area contributed by atoms with Crippen molar-refractivity contribution in [3.63, 3.8) is 0 Å². The second-order valence-electron chi connectivity index (χ2n) is 11.2. The van der Waals surface area contributed by atoms with Crippen molar-refractivity contribution in [2.75, 3.05) is 13.1 Å². The fourth-order valence-electron chi connectivity index (χ4n) is 7.54. The minimum absolute atomic E-state index is 0.0615. The number of carbonyl (C=O) groups is 1. The number of aromatic amines is 1. The van der Waals surface area contributed by atoms with Gasteiger partial charge in [-0.15, -0.1) is 0 Å². The number of rotatable bonds is 4. The Balaban J connectivity index is 1.22. The molecular formula is C28H28N4O4. The highest BCUT2D eigenvalue weighted by Gasteiger charge is 2.72.